The molecule has 1 N–H and O–H groups in total. The summed E-state index contributed by atoms with van der Waals surface area (Å²) >= 11 is 0. The molecule has 0 aromatic carbocycles. The minimum Gasteiger partial charge on any atom is -0.342 e. The van der Waals surface area contributed by atoms with Gasteiger partial charge in [0.2, 0.25) is 11.8 Å². The molecule has 2 atom stereocenters. The third-order valence-electron chi connectivity index (χ3n) is 6.72. The summed E-state index contributed by atoms with van der Waals surface area (Å²) in [4.78, 5) is 24.3. The fourth-order valence-corrected chi connectivity index (χ4v) is 4.70. The number of carbonyl (C=O) groups excluding carboxylic acids is 1. The average molecular weight is 384 g/mol. The maximum Gasteiger partial charge on any atom is 0.229 e. The van der Waals surface area contributed by atoms with Crippen LogP contribution in [0.3, 0.4) is 0 Å². The van der Waals surface area contributed by atoms with E-state index in [-0.39, 0.29) is 23.7 Å². The second kappa shape index (κ2) is 7.31. The predicted octanol–water partition coefficient (Wildman–Crippen LogP) is 1.78. The summed E-state index contributed by atoms with van der Waals surface area (Å²) in [6.45, 7) is 3.07. The second-order valence-corrected chi connectivity index (χ2v) is 8.55. The molecule has 1 aliphatic carbocycles. The number of nitrogens with one attached hydrogen (secondary N) is 1. The first-order chi connectivity index (χ1) is 13.7. The number of rotatable bonds is 4. The van der Waals surface area contributed by atoms with Gasteiger partial charge in [-0.25, -0.2) is 4.98 Å². The van der Waals surface area contributed by atoms with E-state index in [1.54, 1.807) is 0 Å². The van der Waals surface area contributed by atoms with Crippen LogP contribution < -0.4 is 5.32 Å². The zero-order chi connectivity index (χ0) is 19.1. The molecule has 0 radical (unpaired) electrons. The van der Waals surface area contributed by atoms with Crippen molar-refractivity contribution < 1.29 is 9.32 Å². The molecule has 0 bridgehead atoms. The minimum absolute atomic E-state index is 0.0277. The van der Waals surface area contributed by atoms with Crippen LogP contribution >= 0.6 is 0 Å². The molecule has 150 valence electrons. The molecule has 3 fully saturated rings. The molecule has 8 nitrogen and oxygen atoms in total. The highest BCUT2D eigenvalue weighted by Gasteiger charge is 2.39. The molecule has 1 amide bonds. The zero-order valence-corrected chi connectivity index (χ0v) is 16.4. The molecule has 0 unspecified atom stereocenters. The number of piperidine rings is 1. The quantitative estimate of drug-likeness (QED) is 0.864. The zero-order valence-electron chi connectivity index (χ0n) is 16.4. The Labute approximate surface area is 164 Å². The number of carbonyl (C=O) groups is 1. The highest BCUT2D eigenvalue weighted by molar-refractivity contribution is 5.80. The van der Waals surface area contributed by atoms with E-state index in [4.69, 9.17) is 4.52 Å². The minimum atomic E-state index is -0.0277. The van der Waals surface area contributed by atoms with Crippen LogP contribution in [-0.2, 0) is 11.8 Å². The van der Waals surface area contributed by atoms with Gasteiger partial charge in [0.15, 0.2) is 5.82 Å². The summed E-state index contributed by atoms with van der Waals surface area (Å²) in [6, 6.07) is 0. The van der Waals surface area contributed by atoms with E-state index in [1.165, 1.54) is 19.3 Å². The summed E-state index contributed by atoms with van der Waals surface area (Å²) in [5.74, 6) is 2.81. The van der Waals surface area contributed by atoms with Crippen LogP contribution in [0.15, 0.2) is 17.0 Å². The standard InChI is InChI=1S/C20H28N6O2/c1-25-11-17(22-12-25)15-9-21-10-16(15)20(27)26-7-5-14(6-8-26)19-23-18(24-28-19)13-3-2-4-13/h11-16,21H,2-10H2,1H3/t15-,16-/m1/s1. The first-order valence-electron chi connectivity index (χ1n) is 10.5. The van der Waals surface area contributed by atoms with E-state index in [0.29, 0.717) is 5.92 Å². The van der Waals surface area contributed by atoms with Crippen LogP contribution in [0.5, 0.6) is 0 Å². The van der Waals surface area contributed by atoms with Gasteiger partial charge in [-0.1, -0.05) is 11.6 Å². The molecule has 5 rings (SSSR count). The molecule has 0 spiro atoms. The molecule has 1 saturated carbocycles. The Kier molecular flexibility index (Phi) is 4.66. The summed E-state index contributed by atoms with van der Waals surface area (Å²) in [6.07, 6.45) is 9.25. The number of aryl methyl sites for hydroxylation is 1. The van der Waals surface area contributed by atoms with Gasteiger partial charge in [0.05, 0.1) is 17.9 Å². The molecule has 2 aromatic rings. The van der Waals surface area contributed by atoms with Crippen molar-refractivity contribution >= 4 is 5.91 Å². The topological polar surface area (TPSA) is 89.1 Å². The molecular weight excluding hydrogens is 356 g/mol. The number of hydrogen-bond donors (Lipinski definition) is 1. The number of likely N-dealkylation sites (tertiary alicyclic amines) is 1. The Morgan fingerprint density at radius 1 is 1.18 bits per heavy atom. The first kappa shape index (κ1) is 17.8. The normalized spacial score (nSPS) is 26.5. The van der Waals surface area contributed by atoms with Crippen molar-refractivity contribution in [2.24, 2.45) is 13.0 Å². The van der Waals surface area contributed by atoms with Crippen LogP contribution in [0.2, 0.25) is 0 Å². The van der Waals surface area contributed by atoms with Crippen molar-refractivity contribution in [3.63, 3.8) is 0 Å². The first-order valence-corrected chi connectivity index (χ1v) is 10.5. The lowest BCUT2D eigenvalue weighted by molar-refractivity contribution is -0.136. The van der Waals surface area contributed by atoms with E-state index in [9.17, 15) is 4.79 Å². The summed E-state index contributed by atoms with van der Waals surface area (Å²) < 4.78 is 7.50. The predicted molar refractivity (Wildman–Crippen MR) is 102 cm³/mol. The molecule has 3 aliphatic rings. The molecule has 2 aliphatic heterocycles. The number of hydrogen-bond acceptors (Lipinski definition) is 6. The Hall–Kier alpha value is -2.22. The van der Waals surface area contributed by atoms with Gasteiger partial charge < -0.3 is 19.3 Å². The third kappa shape index (κ3) is 3.23. The molecule has 28 heavy (non-hydrogen) atoms. The largest absolute Gasteiger partial charge is 0.342 e. The third-order valence-corrected chi connectivity index (χ3v) is 6.72. The fraction of sp³-hybridized carbons (Fsp3) is 0.700. The lowest BCUT2D eigenvalue weighted by atomic mass is 9.85. The Balaban J connectivity index is 1.20. The van der Waals surface area contributed by atoms with E-state index in [1.807, 2.05) is 29.0 Å². The van der Waals surface area contributed by atoms with Gasteiger partial charge in [-0.2, -0.15) is 4.98 Å². The molecular formula is C20H28N6O2. The molecule has 2 aromatic heterocycles. The second-order valence-electron chi connectivity index (χ2n) is 8.55. The Morgan fingerprint density at radius 3 is 2.68 bits per heavy atom. The Bertz CT molecular complexity index is 833. The maximum atomic E-state index is 13.2. The number of imidazole rings is 1. The van der Waals surface area contributed by atoms with Gasteiger partial charge in [0, 0.05) is 57.2 Å². The lowest BCUT2D eigenvalue weighted by Crippen LogP contribution is -2.43. The van der Waals surface area contributed by atoms with Gasteiger partial charge in [0.1, 0.15) is 0 Å². The Morgan fingerprint density at radius 2 is 2.00 bits per heavy atom. The van der Waals surface area contributed by atoms with Crippen molar-refractivity contribution in [3.8, 4) is 0 Å². The van der Waals surface area contributed by atoms with Gasteiger partial charge in [0.25, 0.3) is 0 Å². The summed E-state index contributed by atoms with van der Waals surface area (Å²) in [5.41, 5.74) is 1.01. The maximum absolute atomic E-state index is 13.2. The monoisotopic (exact) mass is 384 g/mol. The highest BCUT2D eigenvalue weighted by atomic mass is 16.5. The van der Waals surface area contributed by atoms with E-state index >= 15 is 0 Å². The van der Waals surface area contributed by atoms with E-state index in [0.717, 1.165) is 56.4 Å². The summed E-state index contributed by atoms with van der Waals surface area (Å²) in [7, 11) is 1.97. The number of nitrogens with zero attached hydrogens (tertiary/aromatic N) is 5. The highest BCUT2D eigenvalue weighted by Crippen LogP contribution is 2.36. The van der Waals surface area contributed by atoms with Crippen LogP contribution in [0.4, 0.5) is 0 Å². The van der Waals surface area contributed by atoms with Crippen LogP contribution in [0.25, 0.3) is 0 Å². The molecule has 4 heterocycles. The van der Waals surface area contributed by atoms with Crippen molar-refractivity contribution in [2.75, 3.05) is 26.2 Å². The van der Waals surface area contributed by atoms with Crippen LogP contribution in [0.1, 0.15) is 67.3 Å². The fourth-order valence-electron chi connectivity index (χ4n) is 4.70. The van der Waals surface area contributed by atoms with Crippen molar-refractivity contribution in [1.29, 1.82) is 0 Å². The van der Waals surface area contributed by atoms with Crippen molar-refractivity contribution in [1.82, 2.24) is 29.9 Å². The van der Waals surface area contributed by atoms with Gasteiger partial charge in [-0.3, -0.25) is 4.79 Å². The van der Waals surface area contributed by atoms with Gasteiger partial charge >= 0.3 is 0 Å². The molecule has 8 heteroatoms. The van der Waals surface area contributed by atoms with Crippen LogP contribution in [-0.4, -0.2) is 56.7 Å². The SMILES string of the molecule is Cn1cnc([C@@H]2CNC[C@H]2C(=O)N2CCC(c3nc(C4CCC4)no3)CC2)c1. The molecule has 2 saturated heterocycles. The van der Waals surface area contributed by atoms with Crippen LogP contribution in [0, 0.1) is 5.92 Å². The van der Waals surface area contributed by atoms with Crippen molar-refractivity contribution in [2.45, 2.75) is 49.9 Å². The van der Waals surface area contributed by atoms with Crippen molar-refractivity contribution in [3.05, 3.63) is 29.9 Å². The van der Waals surface area contributed by atoms with Gasteiger partial charge in [-0.15, -0.1) is 0 Å². The smallest absolute Gasteiger partial charge is 0.229 e. The number of amides is 1. The number of aromatic nitrogens is 4. The summed E-state index contributed by atoms with van der Waals surface area (Å²) in [5, 5.41) is 7.57. The van der Waals surface area contributed by atoms with Gasteiger partial charge in [-0.05, 0) is 25.7 Å². The van der Waals surface area contributed by atoms with E-state index < -0.39 is 0 Å². The lowest BCUT2D eigenvalue weighted by Gasteiger charge is -2.33. The van der Waals surface area contributed by atoms with E-state index in [2.05, 4.69) is 20.4 Å². The average Bonchev–Trinajstić information content (AvgIpc) is 3.40.